The molecule has 0 radical (unpaired) electrons. The largest absolute Gasteiger partial charge is 0.348 e. The van der Waals surface area contributed by atoms with Crippen LogP contribution in [0.2, 0.25) is 0 Å². The molecule has 0 aromatic carbocycles. The van der Waals surface area contributed by atoms with Crippen molar-refractivity contribution in [2.24, 2.45) is 5.73 Å². The molecule has 0 saturated carbocycles. The average molecular weight is 281 g/mol. The minimum atomic E-state index is -0.130. The van der Waals surface area contributed by atoms with Gasteiger partial charge in [-0.05, 0) is 18.4 Å². The second-order valence-electron chi connectivity index (χ2n) is 3.99. The standard InChI is InChI=1S/C12H15N3OS2/c1-8(5-9-3-2-4-17-9)14-12(16)10-7-18-11(6-13)15-10/h2-4,7-8H,5-6,13H2,1H3,(H,14,16). The highest BCUT2D eigenvalue weighted by molar-refractivity contribution is 7.10. The van der Waals surface area contributed by atoms with Crippen LogP contribution < -0.4 is 11.1 Å². The van der Waals surface area contributed by atoms with Crippen LogP contribution >= 0.6 is 22.7 Å². The third-order valence-electron chi connectivity index (χ3n) is 2.42. The summed E-state index contributed by atoms with van der Waals surface area (Å²) in [4.78, 5) is 17.3. The first-order valence-corrected chi connectivity index (χ1v) is 7.42. The molecule has 2 aromatic rings. The molecule has 0 spiro atoms. The van der Waals surface area contributed by atoms with E-state index in [1.165, 1.54) is 16.2 Å². The zero-order valence-corrected chi connectivity index (χ0v) is 11.7. The first kappa shape index (κ1) is 13.2. The zero-order chi connectivity index (χ0) is 13.0. The Labute approximate surface area is 114 Å². The Bertz CT molecular complexity index is 507. The van der Waals surface area contributed by atoms with E-state index >= 15 is 0 Å². The Kier molecular flexibility index (Phi) is 4.46. The Hall–Kier alpha value is -1.24. The van der Waals surface area contributed by atoms with E-state index in [0.717, 1.165) is 11.4 Å². The molecule has 0 fully saturated rings. The van der Waals surface area contributed by atoms with Gasteiger partial charge in [0.25, 0.3) is 5.91 Å². The van der Waals surface area contributed by atoms with Crippen LogP contribution in [0.15, 0.2) is 22.9 Å². The van der Waals surface area contributed by atoms with Crippen molar-refractivity contribution in [3.05, 3.63) is 38.5 Å². The van der Waals surface area contributed by atoms with E-state index in [0.29, 0.717) is 12.2 Å². The van der Waals surface area contributed by atoms with E-state index < -0.39 is 0 Å². The van der Waals surface area contributed by atoms with Gasteiger partial charge in [-0.25, -0.2) is 4.98 Å². The van der Waals surface area contributed by atoms with E-state index in [1.807, 2.05) is 18.4 Å². The number of hydrogen-bond donors (Lipinski definition) is 2. The Morgan fingerprint density at radius 1 is 1.56 bits per heavy atom. The summed E-state index contributed by atoms with van der Waals surface area (Å²) < 4.78 is 0. The molecule has 0 aliphatic heterocycles. The number of amides is 1. The van der Waals surface area contributed by atoms with Gasteiger partial charge in [0.05, 0.1) is 0 Å². The summed E-state index contributed by atoms with van der Waals surface area (Å²) in [5.74, 6) is -0.130. The Morgan fingerprint density at radius 3 is 3.00 bits per heavy atom. The van der Waals surface area contributed by atoms with Gasteiger partial charge < -0.3 is 11.1 Å². The van der Waals surface area contributed by atoms with Gasteiger partial charge in [-0.15, -0.1) is 22.7 Å². The van der Waals surface area contributed by atoms with E-state index in [-0.39, 0.29) is 11.9 Å². The predicted molar refractivity (Wildman–Crippen MR) is 75.0 cm³/mol. The van der Waals surface area contributed by atoms with Gasteiger partial charge in [-0.1, -0.05) is 6.07 Å². The lowest BCUT2D eigenvalue weighted by Crippen LogP contribution is -2.34. The Balaban J connectivity index is 1.90. The van der Waals surface area contributed by atoms with E-state index in [4.69, 9.17) is 5.73 Å². The van der Waals surface area contributed by atoms with E-state index in [1.54, 1.807) is 16.7 Å². The van der Waals surface area contributed by atoms with Gasteiger partial charge in [0.15, 0.2) is 0 Å². The van der Waals surface area contributed by atoms with Crippen molar-refractivity contribution in [2.45, 2.75) is 25.9 Å². The van der Waals surface area contributed by atoms with Crippen molar-refractivity contribution < 1.29 is 4.79 Å². The SMILES string of the molecule is CC(Cc1cccs1)NC(=O)c1csc(CN)n1. The summed E-state index contributed by atoms with van der Waals surface area (Å²) >= 11 is 3.12. The van der Waals surface area contributed by atoms with Gasteiger partial charge in [-0.2, -0.15) is 0 Å². The van der Waals surface area contributed by atoms with Crippen LogP contribution in [0.25, 0.3) is 0 Å². The highest BCUT2D eigenvalue weighted by atomic mass is 32.1. The van der Waals surface area contributed by atoms with Crippen LogP contribution in [0.1, 0.15) is 27.3 Å². The number of nitrogens with two attached hydrogens (primary N) is 1. The van der Waals surface area contributed by atoms with Gasteiger partial charge >= 0.3 is 0 Å². The molecule has 1 unspecified atom stereocenters. The lowest BCUT2D eigenvalue weighted by atomic mass is 10.2. The molecule has 0 aliphatic rings. The van der Waals surface area contributed by atoms with E-state index in [9.17, 15) is 4.79 Å². The minimum Gasteiger partial charge on any atom is -0.348 e. The number of carbonyl (C=O) groups excluding carboxylic acids is 1. The maximum atomic E-state index is 11.9. The highest BCUT2D eigenvalue weighted by Gasteiger charge is 2.13. The summed E-state index contributed by atoms with van der Waals surface area (Å²) in [5.41, 5.74) is 5.93. The summed E-state index contributed by atoms with van der Waals surface area (Å²) in [6.07, 6.45) is 0.845. The first-order chi connectivity index (χ1) is 8.69. The lowest BCUT2D eigenvalue weighted by molar-refractivity contribution is 0.0935. The molecule has 18 heavy (non-hydrogen) atoms. The molecular formula is C12H15N3OS2. The van der Waals surface area contributed by atoms with Crippen LogP contribution in [-0.2, 0) is 13.0 Å². The molecule has 96 valence electrons. The van der Waals surface area contributed by atoms with Crippen molar-refractivity contribution in [3.63, 3.8) is 0 Å². The second kappa shape index (κ2) is 6.08. The van der Waals surface area contributed by atoms with Crippen LogP contribution in [-0.4, -0.2) is 16.9 Å². The molecule has 1 amide bonds. The van der Waals surface area contributed by atoms with Crippen molar-refractivity contribution in [3.8, 4) is 0 Å². The number of thiazole rings is 1. The fourth-order valence-corrected chi connectivity index (χ4v) is 3.08. The number of thiophene rings is 1. The molecule has 2 rings (SSSR count). The number of carbonyl (C=O) groups is 1. The summed E-state index contributed by atoms with van der Waals surface area (Å²) in [6.45, 7) is 2.37. The van der Waals surface area contributed by atoms with Crippen LogP contribution in [0.3, 0.4) is 0 Å². The minimum absolute atomic E-state index is 0.0965. The smallest absolute Gasteiger partial charge is 0.270 e. The fourth-order valence-electron chi connectivity index (χ4n) is 1.59. The maximum Gasteiger partial charge on any atom is 0.270 e. The third kappa shape index (κ3) is 3.38. The molecule has 2 heterocycles. The lowest BCUT2D eigenvalue weighted by Gasteiger charge is -2.11. The topological polar surface area (TPSA) is 68.0 Å². The van der Waals surface area contributed by atoms with Crippen molar-refractivity contribution in [1.29, 1.82) is 0 Å². The normalized spacial score (nSPS) is 12.3. The third-order valence-corrected chi connectivity index (χ3v) is 4.19. The average Bonchev–Trinajstić information content (AvgIpc) is 2.98. The van der Waals surface area contributed by atoms with Gasteiger partial charge in [-0.3, -0.25) is 4.79 Å². The van der Waals surface area contributed by atoms with Gasteiger partial charge in [0.1, 0.15) is 10.7 Å². The second-order valence-corrected chi connectivity index (χ2v) is 5.96. The molecule has 2 aromatic heterocycles. The van der Waals surface area contributed by atoms with Gasteiger partial charge in [0.2, 0.25) is 0 Å². The first-order valence-electron chi connectivity index (χ1n) is 5.66. The molecule has 1 atom stereocenters. The van der Waals surface area contributed by atoms with Crippen LogP contribution in [0.5, 0.6) is 0 Å². The van der Waals surface area contributed by atoms with Crippen molar-refractivity contribution in [2.75, 3.05) is 0 Å². The monoisotopic (exact) mass is 281 g/mol. The van der Waals surface area contributed by atoms with Crippen molar-refractivity contribution >= 4 is 28.6 Å². The van der Waals surface area contributed by atoms with Crippen molar-refractivity contribution in [1.82, 2.24) is 10.3 Å². The van der Waals surface area contributed by atoms with E-state index in [2.05, 4.69) is 16.4 Å². The molecule has 6 heteroatoms. The quantitative estimate of drug-likeness (QED) is 0.881. The van der Waals surface area contributed by atoms with Crippen LogP contribution in [0, 0.1) is 0 Å². The fraction of sp³-hybridized carbons (Fsp3) is 0.333. The molecule has 4 nitrogen and oxygen atoms in total. The molecule has 3 N–H and O–H groups in total. The summed E-state index contributed by atoms with van der Waals surface area (Å²) in [6, 6.07) is 4.18. The molecule has 0 bridgehead atoms. The highest BCUT2D eigenvalue weighted by Crippen LogP contribution is 2.12. The zero-order valence-electron chi connectivity index (χ0n) is 10.1. The number of aromatic nitrogens is 1. The number of nitrogens with one attached hydrogen (secondary N) is 1. The number of rotatable bonds is 5. The number of nitrogens with zero attached hydrogens (tertiary/aromatic N) is 1. The molecule has 0 saturated heterocycles. The molecular weight excluding hydrogens is 266 g/mol. The summed E-state index contributed by atoms with van der Waals surface area (Å²) in [7, 11) is 0. The Morgan fingerprint density at radius 2 is 2.39 bits per heavy atom. The summed E-state index contributed by atoms with van der Waals surface area (Å²) in [5, 5.41) is 7.51. The van der Waals surface area contributed by atoms with Gasteiger partial charge in [0, 0.05) is 29.3 Å². The maximum absolute atomic E-state index is 11.9. The molecule has 0 aliphatic carbocycles. The number of hydrogen-bond acceptors (Lipinski definition) is 5. The van der Waals surface area contributed by atoms with Crippen LogP contribution in [0.4, 0.5) is 0 Å². The predicted octanol–water partition coefficient (Wildman–Crippen LogP) is 2.02.